The average molecular weight is 226 g/mol. The summed E-state index contributed by atoms with van der Waals surface area (Å²) >= 11 is 0. The summed E-state index contributed by atoms with van der Waals surface area (Å²) < 4.78 is 0. The molecule has 1 heteroatoms. The Bertz CT molecular complexity index is 486. The molecule has 0 radical (unpaired) electrons. The number of phenols is 1. The second kappa shape index (κ2) is 5.05. The number of aromatic hydroxyl groups is 1. The lowest BCUT2D eigenvalue weighted by Gasteiger charge is -2.11. The maximum absolute atomic E-state index is 10.3. The predicted molar refractivity (Wildman–Crippen MR) is 72.1 cm³/mol. The molecule has 88 valence electrons. The van der Waals surface area contributed by atoms with Crippen LogP contribution in [0.25, 0.3) is 11.1 Å². The molecule has 0 saturated carbocycles. The van der Waals surface area contributed by atoms with Crippen molar-refractivity contribution in [2.75, 3.05) is 0 Å². The van der Waals surface area contributed by atoms with Gasteiger partial charge in [0, 0.05) is 5.56 Å². The highest BCUT2D eigenvalue weighted by Gasteiger charge is 2.09. The third kappa shape index (κ3) is 2.68. The summed E-state index contributed by atoms with van der Waals surface area (Å²) in [4.78, 5) is 0. The van der Waals surface area contributed by atoms with Crippen molar-refractivity contribution in [1.29, 1.82) is 0 Å². The quantitative estimate of drug-likeness (QED) is 0.829. The first-order valence-corrected chi connectivity index (χ1v) is 6.04. The van der Waals surface area contributed by atoms with E-state index < -0.39 is 0 Å². The van der Waals surface area contributed by atoms with E-state index in [4.69, 9.17) is 0 Å². The average Bonchev–Trinajstić information content (AvgIpc) is 2.32. The van der Waals surface area contributed by atoms with Crippen molar-refractivity contribution in [2.24, 2.45) is 5.92 Å². The van der Waals surface area contributed by atoms with Crippen LogP contribution in [0.4, 0.5) is 0 Å². The smallest absolute Gasteiger partial charge is 0.126 e. The Kier molecular flexibility index (Phi) is 3.48. The Balaban J connectivity index is 2.43. The lowest BCUT2D eigenvalue weighted by Crippen LogP contribution is -1.95. The summed E-state index contributed by atoms with van der Waals surface area (Å²) in [6.07, 6.45) is 0.909. The summed E-state index contributed by atoms with van der Waals surface area (Å²) in [5.74, 6) is 0.972. The van der Waals surface area contributed by atoms with Gasteiger partial charge in [0.25, 0.3) is 0 Å². The minimum Gasteiger partial charge on any atom is -0.507 e. The van der Waals surface area contributed by atoms with Crippen LogP contribution in [0.15, 0.2) is 48.5 Å². The largest absolute Gasteiger partial charge is 0.507 e. The van der Waals surface area contributed by atoms with Gasteiger partial charge in [-0.3, -0.25) is 0 Å². The van der Waals surface area contributed by atoms with Crippen LogP contribution in [0.2, 0.25) is 0 Å². The van der Waals surface area contributed by atoms with Gasteiger partial charge in [0.2, 0.25) is 0 Å². The van der Waals surface area contributed by atoms with Crippen LogP contribution in [0.3, 0.4) is 0 Å². The van der Waals surface area contributed by atoms with Crippen LogP contribution >= 0.6 is 0 Å². The number of para-hydroxylation sites is 1. The first-order chi connectivity index (χ1) is 8.18. The summed E-state index contributed by atoms with van der Waals surface area (Å²) in [6.45, 7) is 4.32. The number of hydrogen-bond acceptors (Lipinski definition) is 1. The second-order valence-corrected chi connectivity index (χ2v) is 4.78. The van der Waals surface area contributed by atoms with Crippen molar-refractivity contribution in [2.45, 2.75) is 20.3 Å². The second-order valence-electron chi connectivity index (χ2n) is 4.78. The third-order valence-electron chi connectivity index (χ3n) is 2.83. The monoisotopic (exact) mass is 226 g/mol. The minimum atomic E-state index is 0.424. The SMILES string of the molecule is CC(C)Cc1cccc(-c2ccccc2)c1O. The van der Waals surface area contributed by atoms with Gasteiger partial charge >= 0.3 is 0 Å². The fourth-order valence-corrected chi connectivity index (χ4v) is 2.05. The van der Waals surface area contributed by atoms with Crippen LogP contribution in [0.5, 0.6) is 5.75 Å². The van der Waals surface area contributed by atoms with Crippen molar-refractivity contribution in [3.8, 4) is 16.9 Å². The first-order valence-electron chi connectivity index (χ1n) is 6.04. The summed E-state index contributed by atoms with van der Waals surface area (Å²) in [5, 5.41) is 10.3. The third-order valence-corrected chi connectivity index (χ3v) is 2.83. The molecule has 0 aliphatic heterocycles. The number of rotatable bonds is 3. The first kappa shape index (κ1) is 11.7. The maximum atomic E-state index is 10.3. The molecule has 1 N–H and O–H groups in total. The lowest BCUT2D eigenvalue weighted by molar-refractivity contribution is 0.464. The van der Waals surface area contributed by atoms with E-state index in [1.807, 2.05) is 48.5 Å². The van der Waals surface area contributed by atoms with Gasteiger partial charge in [0.15, 0.2) is 0 Å². The molecule has 0 saturated heterocycles. The minimum absolute atomic E-state index is 0.424. The molecule has 0 amide bonds. The molecular weight excluding hydrogens is 208 g/mol. The highest BCUT2D eigenvalue weighted by atomic mass is 16.3. The fraction of sp³-hybridized carbons (Fsp3) is 0.250. The van der Waals surface area contributed by atoms with Crippen molar-refractivity contribution in [3.05, 3.63) is 54.1 Å². The fourth-order valence-electron chi connectivity index (χ4n) is 2.05. The molecule has 2 aromatic carbocycles. The molecule has 2 rings (SSSR count). The standard InChI is InChI=1S/C16H18O/c1-12(2)11-14-9-6-10-15(16(14)17)13-7-4-3-5-8-13/h3-10,12,17H,11H2,1-2H3. The van der Waals surface area contributed by atoms with Crippen molar-refractivity contribution < 1.29 is 5.11 Å². The van der Waals surface area contributed by atoms with Gasteiger partial charge in [0.05, 0.1) is 0 Å². The van der Waals surface area contributed by atoms with Crippen LogP contribution < -0.4 is 0 Å². The summed E-state index contributed by atoms with van der Waals surface area (Å²) in [5.41, 5.74) is 3.01. The van der Waals surface area contributed by atoms with E-state index in [1.54, 1.807) is 0 Å². The number of hydrogen-bond donors (Lipinski definition) is 1. The maximum Gasteiger partial charge on any atom is 0.126 e. The topological polar surface area (TPSA) is 20.2 Å². The Morgan fingerprint density at radius 3 is 2.29 bits per heavy atom. The normalized spacial score (nSPS) is 10.8. The van der Waals surface area contributed by atoms with E-state index >= 15 is 0 Å². The van der Waals surface area contributed by atoms with Crippen LogP contribution in [-0.2, 0) is 6.42 Å². The summed E-state index contributed by atoms with van der Waals surface area (Å²) in [6, 6.07) is 16.0. The molecule has 0 unspecified atom stereocenters. The lowest BCUT2D eigenvalue weighted by atomic mass is 9.96. The van der Waals surface area contributed by atoms with E-state index in [0.29, 0.717) is 11.7 Å². The van der Waals surface area contributed by atoms with E-state index in [1.165, 1.54) is 0 Å². The number of phenolic OH excluding ortho intramolecular Hbond substituents is 1. The van der Waals surface area contributed by atoms with E-state index in [2.05, 4.69) is 13.8 Å². The molecule has 0 bridgehead atoms. The van der Waals surface area contributed by atoms with Gasteiger partial charge in [-0.05, 0) is 23.5 Å². The van der Waals surface area contributed by atoms with Crippen LogP contribution in [-0.4, -0.2) is 5.11 Å². The molecule has 17 heavy (non-hydrogen) atoms. The zero-order valence-corrected chi connectivity index (χ0v) is 10.4. The van der Waals surface area contributed by atoms with Gasteiger partial charge in [-0.25, -0.2) is 0 Å². The zero-order valence-electron chi connectivity index (χ0n) is 10.4. The van der Waals surface area contributed by atoms with Crippen LogP contribution in [0, 0.1) is 5.92 Å². The van der Waals surface area contributed by atoms with Gasteiger partial charge in [-0.15, -0.1) is 0 Å². The van der Waals surface area contributed by atoms with Crippen LogP contribution in [0.1, 0.15) is 19.4 Å². The predicted octanol–water partition coefficient (Wildman–Crippen LogP) is 4.26. The Hall–Kier alpha value is -1.76. The molecule has 1 nitrogen and oxygen atoms in total. The van der Waals surface area contributed by atoms with Crippen molar-refractivity contribution in [3.63, 3.8) is 0 Å². The van der Waals surface area contributed by atoms with Crippen molar-refractivity contribution in [1.82, 2.24) is 0 Å². The molecule has 0 atom stereocenters. The van der Waals surface area contributed by atoms with E-state index in [-0.39, 0.29) is 0 Å². The number of benzene rings is 2. The van der Waals surface area contributed by atoms with Crippen molar-refractivity contribution >= 4 is 0 Å². The molecule has 0 aliphatic carbocycles. The van der Waals surface area contributed by atoms with Gasteiger partial charge in [-0.1, -0.05) is 62.4 Å². The van der Waals surface area contributed by atoms with Gasteiger partial charge < -0.3 is 5.11 Å². The van der Waals surface area contributed by atoms with E-state index in [0.717, 1.165) is 23.1 Å². The summed E-state index contributed by atoms with van der Waals surface area (Å²) in [7, 11) is 0. The molecule has 0 aromatic heterocycles. The van der Waals surface area contributed by atoms with Gasteiger partial charge in [0.1, 0.15) is 5.75 Å². The molecule has 0 fully saturated rings. The zero-order chi connectivity index (χ0) is 12.3. The molecular formula is C16H18O. The Morgan fingerprint density at radius 2 is 1.65 bits per heavy atom. The molecule has 2 aromatic rings. The Labute approximate surface area is 103 Å². The van der Waals surface area contributed by atoms with E-state index in [9.17, 15) is 5.11 Å². The van der Waals surface area contributed by atoms with Gasteiger partial charge in [-0.2, -0.15) is 0 Å². The highest BCUT2D eigenvalue weighted by Crippen LogP contribution is 2.32. The molecule has 0 heterocycles. The highest BCUT2D eigenvalue weighted by molar-refractivity contribution is 5.71. The molecule has 0 spiro atoms. The Morgan fingerprint density at radius 1 is 0.941 bits per heavy atom. The molecule has 0 aliphatic rings.